The highest BCUT2D eigenvalue weighted by molar-refractivity contribution is 7.13. The van der Waals surface area contributed by atoms with Gasteiger partial charge in [0.25, 0.3) is 0 Å². The zero-order chi connectivity index (χ0) is 25.1. The Bertz CT molecular complexity index is 1140. The first kappa shape index (κ1) is 25.1. The van der Waals surface area contributed by atoms with Gasteiger partial charge in [0.2, 0.25) is 11.8 Å². The Morgan fingerprint density at radius 1 is 1.26 bits per heavy atom. The molecule has 9 heteroatoms. The number of aliphatic hydroxyl groups is 1. The lowest BCUT2D eigenvalue weighted by molar-refractivity contribution is -0.141. The summed E-state index contributed by atoms with van der Waals surface area (Å²) in [4.78, 5) is 33.8. The Morgan fingerprint density at radius 3 is 2.57 bits per heavy atom. The van der Waals surface area contributed by atoms with Gasteiger partial charge in [-0.3, -0.25) is 9.59 Å². The lowest BCUT2D eigenvalue weighted by Crippen LogP contribution is -2.48. The number of hydrogen-bond acceptors (Lipinski definition) is 7. The van der Waals surface area contributed by atoms with E-state index in [0.717, 1.165) is 21.7 Å². The Hall–Kier alpha value is -3.04. The van der Waals surface area contributed by atoms with Gasteiger partial charge in [0, 0.05) is 19.0 Å². The molecule has 3 heterocycles. The first-order valence-corrected chi connectivity index (χ1v) is 12.9. The highest BCUT2D eigenvalue weighted by Crippen LogP contribution is 2.32. The first-order chi connectivity index (χ1) is 16.8. The molecule has 0 radical (unpaired) electrons. The number of likely N-dealkylation sites (tertiary alicyclic amines) is 1. The number of nitrogens with one attached hydrogen (secondary N) is 1. The van der Waals surface area contributed by atoms with Gasteiger partial charge < -0.3 is 19.8 Å². The van der Waals surface area contributed by atoms with Crippen LogP contribution in [0, 0.1) is 12.8 Å². The fourth-order valence-corrected chi connectivity index (χ4v) is 5.55. The molecule has 1 aliphatic rings. The standard InChI is InChI=1S/C26H32N4O4S/c1-5-20(17-6-8-18(9-7-17)24-16(4)27-14-35-24)29-25(32)21-12-19(31)13-30(21)26(33)23(15(2)3)22-10-11-28-34-22/h6-11,14-15,19-21,23,31H,5,12-13H2,1-4H3,(H,29,32)/t19-,20+,21+,23-/m1/s1. The maximum Gasteiger partial charge on any atom is 0.243 e. The maximum atomic E-state index is 13.5. The molecule has 4 atom stereocenters. The van der Waals surface area contributed by atoms with Crippen molar-refractivity contribution in [3.8, 4) is 10.4 Å². The van der Waals surface area contributed by atoms with E-state index in [9.17, 15) is 14.7 Å². The molecule has 2 aromatic heterocycles. The molecule has 0 spiro atoms. The number of aliphatic hydroxyl groups excluding tert-OH is 1. The van der Waals surface area contributed by atoms with Crippen molar-refractivity contribution in [2.24, 2.45) is 5.92 Å². The van der Waals surface area contributed by atoms with Crippen molar-refractivity contribution >= 4 is 23.2 Å². The second-order valence-corrected chi connectivity index (χ2v) is 10.2. The smallest absolute Gasteiger partial charge is 0.243 e. The van der Waals surface area contributed by atoms with Crippen LogP contribution in [-0.2, 0) is 9.59 Å². The Kier molecular flexibility index (Phi) is 7.66. The first-order valence-electron chi connectivity index (χ1n) is 12.0. The van der Waals surface area contributed by atoms with Crippen LogP contribution >= 0.6 is 11.3 Å². The van der Waals surface area contributed by atoms with E-state index in [1.54, 1.807) is 17.4 Å². The van der Waals surface area contributed by atoms with Crippen LogP contribution in [0.1, 0.15) is 62.6 Å². The van der Waals surface area contributed by atoms with Crippen LogP contribution in [0.3, 0.4) is 0 Å². The fourth-order valence-electron chi connectivity index (χ4n) is 4.74. The summed E-state index contributed by atoms with van der Waals surface area (Å²) in [5, 5.41) is 17.2. The van der Waals surface area contributed by atoms with Gasteiger partial charge in [0.15, 0.2) is 0 Å². The second-order valence-electron chi connectivity index (χ2n) is 9.39. The summed E-state index contributed by atoms with van der Waals surface area (Å²) in [5.74, 6) is -0.646. The third kappa shape index (κ3) is 5.31. The average Bonchev–Trinajstić information content (AvgIpc) is 3.59. The van der Waals surface area contributed by atoms with Crippen molar-refractivity contribution in [3.05, 3.63) is 59.1 Å². The predicted octanol–water partition coefficient (Wildman–Crippen LogP) is 4.08. The summed E-state index contributed by atoms with van der Waals surface area (Å²) in [7, 11) is 0. The van der Waals surface area contributed by atoms with Gasteiger partial charge in [-0.05, 0) is 30.4 Å². The van der Waals surface area contributed by atoms with E-state index in [-0.39, 0.29) is 36.7 Å². The van der Waals surface area contributed by atoms with Crippen LogP contribution in [0.5, 0.6) is 0 Å². The molecule has 0 bridgehead atoms. The van der Waals surface area contributed by atoms with Gasteiger partial charge in [-0.15, -0.1) is 11.3 Å². The molecular formula is C26H32N4O4S. The SMILES string of the molecule is CC[C@H](NC(=O)[C@@H]1C[C@@H](O)CN1C(=O)[C@@H](c1ccno1)C(C)C)c1ccc(-c2scnc2C)cc1. The van der Waals surface area contributed by atoms with Crippen LogP contribution in [-0.4, -0.2) is 50.7 Å². The summed E-state index contributed by atoms with van der Waals surface area (Å²) >= 11 is 1.60. The van der Waals surface area contributed by atoms with E-state index in [4.69, 9.17) is 4.52 Å². The highest BCUT2D eigenvalue weighted by Gasteiger charge is 2.43. The Labute approximate surface area is 209 Å². The van der Waals surface area contributed by atoms with E-state index >= 15 is 0 Å². The second kappa shape index (κ2) is 10.7. The number of thiazole rings is 1. The number of carbonyl (C=O) groups excluding carboxylic acids is 2. The minimum atomic E-state index is -0.751. The number of rotatable bonds is 8. The molecule has 1 aliphatic heterocycles. The number of aromatic nitrogens is 2. The average molecular weight is 497 g/mol. The number of aryl methyl sites for hydroxylation is 1. The van der Waals surface area contributed by atoms with Gasteiger partial charge in [-0.25, -0.2) is 4.98 Å². The van der Waals surface area contributed by atoms with E-state index in [2.05, 4.69) is 15.5 Å². The van der Waals surface area contributed by atoms with Gasteiger partial charge in [0.05, 0.1) is 34.4 Å². The zero-order valence-corrected chi connectivity index (χ0v) is 21.3. The number of nitrogens with zero attached hydrogens (tertiary/aromatic N) is 3. The number of hydrogen-bond donors (Lipinski definition) is 2. The van der Waals surface area contributed by atoms with E-state index in [1.807, 2.05) is 57.5 Å². The molecule has 1 saturated heterocycles. The third-order valence-electron chi connectivity index (χ3n) is 6.61. The minimum absolute atomic E-state index is 0.0546. The van der Waals surface area contributed by atoms with Crippen molar-refractivity contribution < 1.29 is 19.2 Å². The molecule has 2 N–H and O–H groups in total. The fraction of sp³-hybridized carbons (Fsp3) is 0.462. The third-order valence-corrected chi connectivity index (χ3v) is 7.58. The molecule has 3 aromatic rings. The molecule has 35 heavy (non-hydrogen) atoms. The number of β-amino-alcohol motifs (C(OH)–C–C–N with tert-alkyl or cyclic N) is 1. The van der Waals surface area contributed by atoms with Crippen molar-refractivity contribution in [1.82, 2.24) is 20.4 Å². The summed E-state index contributed by atoms with van der Waals surface area (Å²) in [6.07, 6.45) is 1.66. The molecule has 0 aliphatic carbocycles. The monoisotopic (exact) mass is 496 g/mol. The van der Waals surface area contributed by atoms with Gasteiger partial charge in [0.1, 0.15) is 17.7 Å². The Morgan fingerprint density at radius 2 is 2.00 bits per heavy atom. The van der Waals surface area contributed by atoms with Crippen LogP contribution in [0.15, 0.2) is 46.6 Å². The van der Waals surface area contributed by atoms with Crippen molar-refractivity contribution in [2.75, 3.05) is 6.54 Å². The Balaban J connectivity index is 1.50. The molecular weight excluding hydrogens is 464 g/mol. The van der Waals surface area contributed by atoms with Gasteiger partial charge in [-0.1, -0.05) is 50.2 Å². The minimum Gasteiger partial charge on any atom is -0.391 e. The van der Waals surface area contributed by atoms with Gasteiger partial charge >= 0.3 is 0 Å². The number of amides is 2. The van der Waals surface area contributed by atoms with Crippen molar-refractivity contribution in [1.29, 1.82) is 0 Å². The van der Waals surface area contributed by atoms with Crippen LogP contribution in [0.4, 0.5) is 0 Å². The largest absolute Gasteiger partial charge is 0.391 e. The van der Waals surface area contributed by atoms with Crippen molar-refractivity contribution in [2.45, 2.75) is 64.6 Å². The lowest BCUT2D eigenvalue weighted by Gasteiger charge is -2.30. The molecule has 0 unspecified atom stereocenters. The normalized spacial score (nSPS) is 19.7. The van der Waals surface area contributed by atoms with Crippen LogP contribution in [0.2, 0.25) is 0 Å². The number of benzene rings is 1. The molecule has 8 nitrogen and oxygen atoms in total. The van der Waals surface area contributed by atoms with E-state index in [0.29, 0.717) is 12.2 Å². The molecule has 1 aromatic carbocycles. The maximum absolute atomic E-state index is 13.5. The molecule has 4 rings (SSSR count). The predicted molar refractivity (Wildman–Crippen MR) is 134 cm³/mol. The molecule has 1 fully saturated rings. The van der Waals surface area contributed by atoms with Crippen LogP contribution in [0.25, 0.3) is 10.4 Å². The molecule has 0 saturated carbocycles. The zero-order valence-electron chi connectivity index (χ0n) is 20.5. The topological polar surface area (TPSA) is 109 Å². The van der Waals surface area contributed by atoms with Gasteiger partial charge in [-0.2, -0.15) is 0 Å². The quantitative estimate of drug-likeness (QED) is 0.487. The lowest BCUT2D eigenvalue weighted by atomic mass is 9.91. The van der Waals surface area contributed by atoms with Crippen LogP contribution < -0.4 is 5.32 Å². The summed E-state index contributed by atoms with van der Waals surface area (Å²) in [5.41, 5.74) is 4.92. The molecule has 2 amide bonds. The summed E-state index contributed by atoms with van der Waals surface area (Å²) < 4.78 is 5.28. The van der Waals surface area contributed by atoms with E-state index in [1.165, 1.54) is 11.1 Å². The summed E-state index contributed by atoms with van der Waals surface area (Å²) in [6.45, 7) is 7.98. The highest BCUT2D eigenvalue weighted by atomic mass is 32.1. The van der Waals surface area contributed by atoms with E-state index < -0.39 is 18.1 Å². The summed E-state index contributed by atoms with van der Waals surface area (Å²) in [6, 6.07) is 8.87. The van der Waals surface area contributed by atoms with Crippen molar-refractivity contribution in [3.63, 3.8) is 0 Å². The molecule has 186 valence electrons. The number of carbonyl (C=O) groups is 2.